The van der Waals surface area contributed by atoms with E-state index in [4.69, 9.17) is 0 Å². The number of halogens is 1. The fourth-order valence-electron chi connectivity index (χ4n) is 2.54. The summed E-state index contributed by atoms with van der Waals surface area (Å²) >= 11 is 0. The molecule has 1 aliphatic rings. The van der Waals surface area contributed by atoms with E-state index in [-0.39, 0.29) is 5.92 Å². The largest absolute Gasteiger partial charge is 0.324 e. The van der Waals surface area contributed by atoms with Crippen LogP contribution in [0.2, 0.25) is 0 Å². The van der Waals surface area contributed by atoms with Crippen molar-refractivity contribution >= 4 is 15.7 Å². The molecule has 21 heavy (non-hydrogen) atoms. The second-order valence-corrected chi connectivity index (χ2v) is 7.41. The Bertz CT molecular complexity index is 660. The Balaban J connectivity index is 2.42. The van der Waals surface area contributed by atoms with E-state index in [9.17, 15) is 22.9 Å². The Kier molecular flexibility index (Phi) is 4.29. The minimum Gasteiger partial charge on any atom is -0.258 e. The van der Waals surface area contributed by atoms with Crippen LogP contribution in [0.25, 0.3) is 0 Å². The van der Waals surface area contributed by atoms with Crippen LogP contribution in [0.4, 0.5) is 10.1 Å². The van der Waals surface area contributed by atoms with Gasteiger partial charge in [-0.1, -0.05) is 19.9 Å². The van der Waals surface area contributed by atoms with Crippen molar-refractivity contribution in [2.45, 2.75) is 25.2 Å². The van der Waals surface area contributed by atoms with Crippen LogP contribution in [0.5, 0.6) is 0 Å². The Labute approximate surface area is 122 Å². The minimum atomic E-state index is -4.05. The summed E-state index contributed by atoms with van der Waals surface area (Å²) in [7, 11) is -4.05. The average molecular weight is 316 g/mol. The summed E-state index contributed by atoms with van der Waals surface area (Å²) in [5.74, 6) is -0.597. The van der Waals surface area contributed by atoms with Crippen LogP contribution in [-0.4, -0.2) is 30.7 Å². The van der Waals surface area contributed by atoms with Gasteiger partial charge in [-0.25, -0.2) is 8.42 Å². The molecule has 116 valence electrons. The molecule has 0 bridgehead atoms. The fraction of sp³-hybridized carbons (Fsp3) is 0.538. The number of hydrogen-bond acceptors (Lipinski definition) is 4. The Morgan fingerprint density at radius 1 is 1.43 bits per heavy atom. The molecule has 6 nitrogen and oxygen atoms in total. The molecule has 2 rings (SSSR count). The summed E-state index contributed by atoms with van der Waals surface area (Å²) in [6, 6.07) is 3.14. The fourth-order valence-corrected chi connectivity index (χ4v) is 4.21. The van der Waals surface area contributed by atoms with Gasteiger partial charge in [-0.15, -0.1) is 0 Å². The van der Waals surface area contributed by atoms with Gasteiger partial charge >= 0.3 is 5.69 Å². The first-order chi connectivity index (χ1) is 9.75. The number of nitrogens with zero attached hydrogens (tertiary/aromatic N) is 2. The van der Waals surface area contributed by atoms with E-state index in [1.54, 1.807) is 0 Å². The maximum absolute atomic E-state index is 13.6. The van der Waals surface area contributed by atoms with Gasteiger partial charge in [0.1, 0.15) is 0 Å². The predicted molar refractivity (Wildman–Crippen MR) is 74.8 cm³/mol. The number of hydrogen-bond donors (Lipinski definition) is 0. The lowest BCUT2D eigenvalue weighted by Gasteiger charge is -2.18. The van der Waals surface area contributed by atoms with Crippen molar-refractivity contribution in [1.82, 2.24) is 4.31 Å². The molecular formula is C13H17FN2O4S. The van der Waals surface area contributed by atoms with Crippen molar-refractivity contribution in [2.75, 3.05) is 13.1 Å². The normalized spacial score (nSPS) is 20.1. The summed E-state index contributed by atoms with van der Waals surface area (Å²) < 4.78 is 39.9. The highest BCUT2D eigenvalue weighted by atomic mass is 32.2. The van der Waals surface area contributed by atoms with Crippen LogP contribution < -0.4 is 0 Å². The van der Waals surface area contributed by atoms with Crippen LogP contribution in [0, 0.1) is 27.8 Å². The molecule has 1 unspecified atom stereocenters. The van der Waals surface area contributed by atoms with Crippen LogP contribution in [0.3, 0.4) is 0 Å². The second-order valence-electron chi connectivity index (χ2n) is 5.50. The maximum atomic E-state index is 13.6. The third-order valence-electron chi connectivity index (χ3n) is 3.88. The second kappa shape index (κ2) is 5.69. The number of sulfonamides is 1. The zero-order valence-corrected chi connectivity index (χ0v) is 12.6. The van der Waals surface area contributed by atoms with Gasteiger partial charge in [0.15, 0.2) is 4.90 Å². The molecule has 8 heteroatoms. The third kappa shape index (κ3) is 2.91. The molecule has 1 aromatic rings. The molecule has 1 saturated heterocycles. The summed E-state index contributed by atoms with van der Waals surface area (Å²) in [6.45, 7) is 4.63. The van der Waals surface area contributed by atoms with E-state index < -0.39 is 31.3 Å². The van der Waals surface area contributed by atoms with Crippen molar-refractivity contribution in [3.05, 3.63) is 34.1 Å². The lowest BCUT2D eigenvalue weighted by atomic mass is 9.96. The zero-order valence-electron chi connectivity index (χ0n) is 11.8. The van der Waals surface area contributed by atoms with Gasteiger partial charge in [-0.3, -0.25) is 10.1 Å². The van der Waals surface area contributed by atoms with Crippen LogP contribution in [0.1, 0.15) is 20.3 Å². The van der Waals surface area contributed by atoms with E-state index in [2.05, 4.69) is 0 Å². The van der Waals surface area contributed by atoms with Gasteiger partial charge in [-0.2, -0.15) is 8.70 Å². The van der Waals surface area contributed by atoms with E-state index in [1.165, 1.54) is 10.4 Å². The van der Waals surface area contributed by atoms with E-state index in [0.717, 1.165) is 12.1 Å². The number of nitro groups is 1. The van der Waals surface area contributed by atoms with Gasteiger partial charge in [-0.05, 0) is 30.4 Å². The van der Waals surface area contributed by atoms with Crippen LogP contribution >= 0.6 is 0 Å². The molecule has 0 radical (unpaired) electrons. The number of nitro benzene ring substituents is 1. The first-order valence-corrected chi connectivity index (χ1v) is 8.12. The smallest absolute Gasteiger partial charge is 0.258 e. The van der Waals surface area contributed by atoms with Crippen molar-refractivity contribution in [3.63, 3.8) is 0 Å². The topological polar surface area (TPSA) is 80.5 Å². The molecule has 1 aromatic carbocycles. The van der Waals surface area contributed by atoms with Gasteiger partial charge < -0.3 is 0 Å². The number of benzene rings is 1. The number of rotatable bonds is 4. The molecule has 1 fully saturated rings. The Morgan fingerprint density at radius 3 is 2.62 bits per heavy atom. The molecule has 0 spiro atoms. The van der Waals surface area contributed by atoms with Crippen molar-refractivity contribution in [2.24, 2.45) is 11.8 Å². The molecule has 0 N–H and O–H groups in total. The molecule has 0 amide bonds. The quantitative estimate of drug-likeness (QED) is 0.631. The summed E-state index contributed by atoms with van der Waals surface area (Å²) in [5, 5.41) is 11.0. The van der Waals surface area contributed by atoms with Gasteiger partial charge in [0.25, 0.3) is 0 Å². The maximum Gasteiger partial charge on any atom is 0.324 e. The van der Waals surface area contributed by atoms with E-state index in [1.807, 2.05) is 13.8 Å². The van der Waals surface area contributed by atoms with Gasteiger partial charge in [0.2, 0.25) is 15.8 Å². The molecule has 1 heterocycles. The highest BCUT2D eigenvalue weighted by Gasteiger charge is 2.38. The van der Waals surface area contributed by atoms with Gasteiger partial charge in [0, 0.05) is 13.1 Å². The Morgan fingerprint density at radius 2 is 2.10 bits per heavy atom. The Hall–Kier alpha value is -1.54. The third-order valence-corrected chi connectivity index (χ3v) is 5.78. The van der Waals surface area contributed by atoms with Crippen LogP contribution in [-0.2, 0) is 10.0 Å². The minimum absolute atomic E-state index is 0.215. The predicted octanol–water partition coefficient (Wildman–Crippen LogP) is 2.40. The SMILES string of the molecule is CC(C)C1CCN(S(=O)(=O)c2cccc(F)c2[N+](=O)[O-])C1. The van der Waals surface area contributed by atoms with Crippen molar-refractivity contribution in [3.8, 4) is 0 Å². The first kappa shape index (κ1) is 15.8. The highest BCUT2D eigenvalue weighted by Crippen LogP contribution is 2.33. The summed E-state index contributed by atoms with van der Waals surface area (Å²) in [4.78, 5) is 9.40. The molecule has 0 saturated carbocycles. The monoisotopic (exact) mass is 316 g/mol. The van der Waals surface area contributed by atoms with Crippen LogP contribution in [0.15, 0.2) is 23.1 Å². The molecule has 1 atom stereocenters. The van der Waals surface area contributed by atoms with Gasteiger partial charge in [0.05, 0.1) is 4.92 Å². The molecule has 0 aliphatic carbocycles. The average Bonchev–Trinajstić information content (AvgIpc) is 2.88. The van der Waals surface area contributed by atoms with E-state index >= 15 is 0 Å². The standard InChI is InChI=1S/C13H17FN2O4S/c1-9(2)10-6-7-15(8-10)21(19,20)12-5-3-4-11(14)13(12)16(17)18/h3-5,9-10H,6-8H2,1-2H3. The van der Waals surface area contributed by atoms with Crippen molar-refractivity contribution in [1.29, 1.82) is 0 Å². The first-order valence-electron chi connectivity index (χ1n) is 6.68. The number of para-hydroxylation sites is 1. The lowest BCUT2D eigenvalue weighted by molar-refractivity contribution is -0.390. The molecule has 1 aliphatic heterocycles. The molecule has 0 aromatic heterocycles. The van der Waals surface area contributed by atoms with E-state index in [0.29, 0.717) is 25.4 Å². The zero-order chi connectivity index (χ0) is 15.8. The highest BCUT2D eigenvalue weighted by molar-refractivity contribution is 7.89. The lowest BCUT2D eigenvalue weighted by Crippen LogP contribution is -2.30. The summed E-state index contributed by atoms with van der Waals surface area (Å²) in [6.07, 6.45) is 0.708. The summed E-state index contributed by atoms with van der Waals surface area (Å²) in [5.41, 5.74) is -0.981. The molecular weight excluding hydrogens is 299 g/mol. The van der Waals surface area contributed by atoms with Crippen molar-refractivity contribution < 1.29 is 17.7 Å².